The van der Waals surface area contributed by atoms with Gasteiger partial charge in [-0.05, 0) is 0 Å². The summed E-state index contributed by atoms with van der Waals surface area (Å²) < 4.78 is 0. The van der Waals surface area contributed by atoms with Crippen molar-refractivity contribution in [1.29, 1.82) is 0 Å². The molecule has 0 aliphatic heterocycles. The second-order valence-electron chi connectivity index (χ2n) is 1.16. The summed E-state index contributed by atoms with van der Waals surface area (Å²) in [5.41, 5.74) is 0. The van der Waals surface area contributed by atoms with Gasteiger partial charge in [0, 0.05) is 0 Å². The molecule has 0 bridgehead atoms. The van der Waals surface area contributed by atoms with Crippen LogP contribution in [-0.2, 0) is 19.3 Å². The van der Waals surface area contributed by atoms with Crippen molar-refractivity contribution in [2.45, 2.75) is 6.42 Å². The second-order valence-corrected chi connectivity index (χ2v) is 1.16. The van der Waals surface area contributed by atoms with Crippen LogP contribution in [0.15, 0.2) is 0 Å². The van der Waals surface area contributed by atoms with Crippen molar-refractivity contribution in [2.24, 2.45) is 11.8 Å². The van der Waals surface area contributed by atoms with E-state index in [1.54, 1.807) is 0 Å². The van der Waals surface area contributed by atoms with E-state index in [2.05, 4.69) is 21.5 Å². The maximum atomic E-state index is 10.1. The van der Waals surface area contributed by atoms with E-state index in [1.807, 2.05) is 0 Å². The SMILES string of the molecule is NOC(=O)CC(=O)ON. The van der Waals surface area contributed by atoms with Crippen LogP contribution >= 0.6 is 0 Å². The van der Waals surface area contributed by atoms with Crippen molar-refractivity contribution in [2.75, 3.05) is 0 Å². The lowest BCUT2D eigenvalue weighted by atomic mass is 10.5. The standard InChI is InChI=1S/C3H6N2O4/c4-8-2(6)1-3(7)9-5/h1,4-5H2. The lowest BCUT2D eigenvalue weighted by Gasteiger charge is -1.93. The molecule has 0 heterocycles. The molecule has 0 rings (SSSR count). The van der Waals surface area contributed by atoms with Crippen molar-refractivity contribution in [3.63, 3.8) is 0 Å². The first-order valence-corrected chi connectivity index (χ1v) is 2.00. The maximum Gasteiger partial charge on any atom is 0.335 e. The van der Waals surface area contributed by atoms with Crippen LogP contribution in [0.1, 0.15) is 6.42 Å². The first-order valence-electron chi connectivity index (χ1n) is 2.00. The Morgan fingerprint density at radius 2 is 1.44 bits per heavy atom. The third-order valence-electron chi connectivity index (χ3n) is 0.552. The van der Waals surface area contributed by atoms with Gasteiger partial charge in [0.05, 0.1) is 0 Å². The molecule has 0 fully saturated rings. The molecule has 0 spiro atoms. The molecule has 52 valence electrons. The number of rotatable bonds is 2. The molecule has 9 heavy (non-hydrogen) atoms. The lowest BCUT2D eigenvalue weighted by Crippen LogP contribution is -2.18. The fraction of sp³-hybridized carbons (Fsp3) is 0.333. The maximum absolute atomic E-state index is 10.1. The summed E-state index contributed by atoms with van der Waals surface area (Å²) in [6.45, 7) is 0. The third-order valence-corrected chi connectivity index (χ3v) is 0.552. The topological polar surface area (TPSA) is 105 Å². The molecule has 4 N–H and O–H groups in total. The Bertz CT molecular complexity index is 109. The molecule has 0 radical (unpaired) electrons. The summed E-state index contributed by atoms with van der Waals surface area (Å²) in [5.74, 6) is 6.99. The van der Waals surface area contributed by atoms with Crippen molar-refractivity contribution in [3.05, 3.63) is 0 Å². The van der Waals surface area contributed by atoms with Crippen LogP contribution in [0.2, 0.25) is 0 Å². The summed E-state index contributed by atoms with van der Waals surface area (Å²) >= 11 is 0. The highest BCUT2D eigenvalue weighted by atomic mass is 16.7. The number of hydrogen-bond acceptors (Lipinski definition) is 6. The predicted molar refractivity (Wildman–Crippen MR) is 25.2 cm³/mol. The van der Waals surface area contributed by atoms with E-state index in [1.165, 1.54) is 0 Å². The number of carbonyl (C=O) groups excluding carboxylic acids is 2. The highest BCUT2D eigenvalue weighted by Gasteiger charge is 2.08. The average Bonchev–Trinajstić information content (AvgIpc) is 1.87. The molecule has 0 amide bonds. The Hall–Kier alpha value is -1.14. The zero-order valence-corrected chi connectivity index (χ0v) is 4.49. The molecule has 0 unspecified atom stereocenters. The molecular formula is C3H6N2O4. The van der Waals surface area contributed by atoms with E-state index in [4.69, 9.17) is 0 Å². The van der Waals surface area contributed by atoms with E-state index in [-0.39, 0.29) is 0 Å². The fourth-order valence-corrected chi connectivity index (χ4v) is 0.201. The van der Waals surface area contributed by atoms with E-state index in [0.29, 0.717) is 0 Å². The van der Waals surface area contributed by atoms with Crippen molar-refractivity contribution in [1.82, 2.24) is 0 Å². The molecule has 0 aromatic heterocycles. The molecule has 0 aromatic carbocycles. The quantitative estimate of drug-likeness (QED) is 0.341. The summed E-state index contributed by atoms with van der Waals surface area (Å²) in [5, 5.41) is 0. The molecule has 0 saturated heterocycles. The normalized spacial score (nSPS) is 8.22. The molecule has 0 aromatic rings. The molecule has 6 nitrogen and oxygen atoms in total. The van der Waals surface area contributed by atoms with Gasteiger partial charge in [0.25, 0.3) is 0 Å². The molecule has 0 aliphatic rings. The molecular weight excluding hydrogens is 128 g/mol. The molecule has 0 aliphatic carbocycles. The largest absolute Gasteiger partial charge is 0.373 e. The molecule has 6 heteroatoms. The van der Waals surface area contributed by atoms with Crippen LogP contribution in [0.3, 0.4) is 0 Å². The highest BCUT2D eigenvalue weighted by molar-refractivity contribution is 5.90. The Morgan fingerprint density at radius 1 is 1.11 bits per heavy atom. The van der Waals surface area contributed by atoms with Gasteiger partial charge in [-0.25, -0.2) is 9.59 Å². The van der Waals surface area contributed by atoms with E-state index in [9.17, 15) is 9.59 Å². The second kappa shape index (κ2) is 3.81. The summed E-state index contributed by atoms with van der Waals surface area (Å²) in [6.07, 6.45) is -0.562. The minimum absolute atomic E-state index is 0.562. The predicted octanol–water partition coefficient (Wildman–Crippen LogP) is -1.79. The zero-order chi connectivity index (χ0) is 7.28. The number of hydrogen-bond donors (Lipinski definition) is 2. The van der Waals surface area contributed by atoms with Gasteiger partial charge in [0.15, 0.2) is 0 Å². The summed E-state index contributed by atoms with van der Waals surface area (Å²) in [7, 11) is 0. The van der Waals surface area contributed by atoms with Crippen LogP contribution in [0, 0.1) is 0 Å². The van der Waals surface area contributed by atoms with E-state index in [0.717, 1.165) is 0 Å². The fourth-order valence-electron chi connectivity index (χ4n) is 0.201. The Kier molecular flexibility index (Phi) is 3.33. The van der Waals surface area contributed by atoms with Gasteiger partial charge in [-0.1, -0.05) is 0 Å². The minimum atomic E-state index is -0.884. The van der Waals surface area contributed by atoms with Crippen molar-refractivity contribution < 1.29 is 19.3 Å². The zero-order valence-electron chi connectivity index (χ0n) is 4.49. The van der Waals surface area contributed by atoms with Gasteiger partial charge >= 0.3 is 11.9 Å². The molecule has 0 atom stereocenters. The Labute approximate surface area is 50.6 Å². The first kappa shape index (κ1) is 7.86. The van der Waals surface area contributed by atoms with Crippen LogP contribution in [-0.4, -0.2) is 11.9 Å². The van der Waals surface area contributed by atoms with Gasteiger partial charge in [0.1, 0.15) is 6.42 Å². The number of carbonyl (C=O) groups is 2. The van der Waals surface area contributed by atoms with Gasteiger partial charge in [-0.3, -0.25) is 0 Å². The third kappa shape index (κ3) is 3.44. The number of nitrogens with two attached hydrogens (primary N) is 2. The Balaban J connectivity index is 3.47. The van der Waals surface area contributed by atoms with Gasteiger partial charge in [-0.15, -0.1) is 0 Å². The Morgan fingerprint density at radius 3 is 1.67 bits per heavy atom. The average molecular weight is 134 g/mol. The summed E-state index contributed by atoms with van der Waals surface area (Å²) in [6, 6.07) is 0. The van der Waals surface area contributed by atoms with Gasteiger partial charge < -0.3 is 9.68 Å². The first-order chi connectivity index (χ1) is 4.20. The lowest BCUT2D eigenvalue weighted by molar-refractivity contribution is -0.155. The van der Waals surface area contributed by atoms with Gasteiger partial charge in [0.2, 0.25) is 0 Å². The smallest absolute Gasteiger partial charge is 0.335 e. The van der Waals surface area contributed by atoms with Crippen LogP contribution in [0.5, 0.6) is 0 Å². The molecule has 0 saturated carbocycles. The van der Waals surface area contributed by atoms with Crippen LogP contribution in [0.4, 0.5) is 0 Å². The van der Waals surface area contributed by atoms with E-state index < -0.39 is 18.4 Å². The van der Waals surface area contributed by atoms with Crippen LogP contribution < -0.4 is 11.8 Å². The minimum Gasteiger partial charge on any atom is -0.373 e. The van der Waals surface area contributed by atoms with Crippen molar-refractivity contribution >= 4 is 11.9 Å². The summed E-state index contributed by atoms with van der Waals surface area (Å²) in [4.78, 5) is 27.4. The van der Waals surface area contributed by atoms with E-state index >= 15 is 0 Å². The van der Waals surface area contributed by atoms with Gasteiger partial charge in [-0.2, -0.15) is 11.8 Å². The highest BCUT2D eigenvalue weighted by Crippen LogP contribution is 1.82. The van der Waals surface area contributed by atoms with Crippen LogP contribution in [0.25, 0.3) is 0 Å². The van der Waals surface area contributed by atoms with Crippen molar-refractivity contribution in [3.8, 4) is 0 Å². The monoisotopic (exact) mass is 134 g/mol.